The van der Waals surface area contributed by atoms with Gasteiger partial charge in [-0.3, -0.25) is 5.43 Å². The van der Waals surface area contributed by atoms with Crippen LogP contribution in [-0.2, 0) is 6.18 Å². The number of aromatic nitrogens is 4. The Labute approximate surface area is 161 Å². The number of nitrogens with zero attached hydrogens (tertiary/aromatic N) is 5. The molecule has 0 radical (unpaired) electrons. The maximum Gasteiger partial charge on any atom is 0.416 e. The van der Waals surface area contributed by atoms with E-state index in [1.54, 1.807) is 13.0 Å². The molecule has 0 unspecified atom stereocenters. The minimum absolute atomic E-state index is 0.125. The number of hydrazone groups is 1. The zero-order valence-electron chi connectivity index (χ0n) is 13.7. The standard InChI is InChI=1S/C16H11Cl2F3N6/c1-9-12(8-22-24-14-6-5-13(17)23-25-14)15(18)27(26-9)11-4-2-3-10(7-11)16(19,20)21/h2-8H,1H3,(H,24,25)/b22-8+. The van der Waals surface area contributed by atoms with Crippen molar-refractivity contribution in [2.75, 3.05) is 5.43 Å². The smallest absolute Gasteiger partial charge is 0.260 e. The van der Waals surface area contributed by atoms with Crippen LogP contribution in [0.2, 0.25) is 10.3 Å². The first kappa shape index (κ1) is 19.1. The van der Waals surface area contributed by atoms with Crippen LogP contribution in [0.3, 0.4) is 0 Å². The van der Waals surface area contributed by atoms with Crippen molar-refractivity contribution in [1.82, 2.24) is 20.0 Å². The van der Waals surface area contributed by atoms with Crippen molar-refractivity contribution in [3.8, 4) is 5.69 Å². The summed E-state index contributed by atoms with van der Waals surface area (Å²) in [4.78, 5) is 0. The molecule has 0 aliphatic rings. The number of benzene rings is 1. The quantitative estimate of drug-likeness (QED) is 0.494. The minimum atomic E-state index is -4.46. The third kappa shape index (κ3) is 4.37. The summed E-state index contributed by atoms with van der Waals surface area (Å²) in [7, 11) is 0. The lowest BCUT2D eigenvalue weighted by molar-refractivity contribution is -0.137. The fourth-order valence-corrected chi connectivity index (χ4v) is 2.60. The van der Waals surface area contributed by atoms with Crippen molar-refractivity contribution in [2.24, 2.45) is 5.10 Å². The van der Waals surface area contributed by atoms with E-state index in [9.17, 15) is 13.2 Å². The van der Waals surface area contributed by atoms with E-state index in [1.807, 2.05) is 0 Å². The van der Waals surface area contributed by atoms with Crippen LogP contribution in [-0.4, -0.2) is 26.2 Å². The molecule has 27 heavy (non-hydrogen) atoms. The van der Waals surface area contributed by atoms with Crippen LogP contribution in [0.25, 0.3) is 5.69 Å². The molecular weight excluding hydrogens is 404 g/mol. The second kappa shape index (κ2) is 7.53. The van der Waals surface area contributed by atoms with Crippen molar-refractivity contribution in [3.63, 3.8) is 0 Å². The van der Waals surface area contributed by atoms with Gasteiger partial charge in [0.15, 0.2) is 11.0 Å². The second-order valence-electron chi connectivity index (χ2n) is 5.36. The molecule has 3 aromatic rings. The molecule has 140 valence electrons. The van der Waals surface area contributed by atoms with E-state index in [0.717, 1.165) is 12.1 Å². The molecule has 3 rings (SSSR count). The molecule has 0 aliphatic carbocycles. The van der Waals surface area contributed by atoms with E-state index in [0.29, 0.717) is 17.1 Å². The van der Waals surface area contributed by atoms with Crippen molar-refractivity contribution in [1.29, 1.82) is 0 Å². The SMILES string of the molecule is Cc1nn(-c2cccc(C(F)(F)F)c2)c(Cl)c1/C=N/Nc1ccc(Cl)nn1. The fraction of sp³-hybridized carbons (Fsp3) is 0.125. The van der Waals surface area contributed by atoms with Gasteiger partial charge >= 0.3 is 6.18 Å². The topological polar surface area (TPSA) is 68.0 Å². The summed E-state index contributed by atoms with van der Waals surface area (Å²) in [6, 6.07) is 7.84. The first-order valence-electron chi connectivity index (χ1n) is 7.47. The average molecular weight is 415 g/mol. The monoisotopic (exact) mass is 414 g/mol. The van der Waals surface area contributed by atoms with Gasteiger partial charge in [-0.15, -0.1) is 10.2 Å². The molecule has 2 aromatic heterocycles. The van der Waals surface area contributed by atoms with Gasteiger partial charge in [-0.2, -0.15) is 23.4 Å². The molecular formula is C16H11Cl2F3N6. The number of hydrogen-bond donors (Lipinski definition) is 1. The highest BCUT2D eigenvalue weighted by Crippen LogP contribution is 2.31. The maximum absolute atomic E-state index is 12.9. The number of nitrogens with one attached hydrogen (secondary N) is 1. The number of aryl methyl sites for hydroxylation is 1. The zero-order valence-corrected chi connectivity index (χ0v) is 15.2. The maximum atomic E-state index is 12.9. The molecule has 1 aromatic carbocycles. The number of hydrogen-bond acceptors (Lipinski definition) is 5. The van der Waals surface area contributed by atoms with E-state index in [1.165, 1.54) is 29.1 Å². The van der Waals surface area contributed by atoms with Gasteiger partial charge in [0, 0.05) is 0 Å². The molecule has 2 heterocycles. The van der Waals surface area contributed by atoms with Crippen LogP contribution in [0.5, 0.6) is 0 Å². The molecule has 0 aliphatic heterocycles. The van der Waals surface area contributed by atoms with Crippen molar-refractivity contribution < 1.29 is 13.2 Å². The Bertz CT molecular complexity index is 983. The molecule has 6 nitrogen and oxygen atoms in total. The number of rotatable bonds is 4. The summed E-state index contributed by atoms with van der Waals surface area (Å²) in [5.74, 6) is 0.356. The molecule has 0 spiro atoms. The first-order chi connectivity index (χ1) is 12.8. The summed E-state index contributed by atoms with van der Waals surface area (Å²) in [6.45, 7) is 1.67. The Morgan fingerprint density at radius 1 is 1.15 bits per heavy atom. The Hall–Kier alpha value is -2.65. The van der Waals surface area contributed by atoms with Gasteiger partial charge in [-0.05, 0) is 37.3 Å². The summed E-state index contributed by atoms with van der Waals surface area (Å²) in [5.41, 5.74) is 2.98. The molecule has 0 amide bonds. The molecule has 0 saturated heterocycles. The largest absolute Gasteiger partial charge is 0.416 e. The summed E-state index contributed by atoms with van der Waals surface area (Å²) in [6.07, 6.45) is -3.07. The Kier molecular flexibility index (Phi) is 5.33. The number of anilines is 1. The Balaban J connectivity index is 1.87. The molecule has 0 saturated carbocycles. The van der Waals surface area contributed by atoms with Crippen molar-refractivity contribution in [2.45, 2.75) is 13.1 Å². The van der Waals surface area contributed by atoms with E-state index in [-0.39, 0.29) is 16.0 Å². The van der Waals surface area contributed by atoms with Crippen LogP contribution in [0.4, 0.5) is 19.0 Å². The molecule has 0 bridgehead atoms. The van der Waals surface area contributed by atoms with E-state index in [2.05, 4.69) is 25.8 Å². The highest BCUT2D eigenvalue weighted by Gasteiger charge is 2.30. The van der Waals surface area contributed by atoms with Gasteiger partial charge < -0.3 is 0 Å². The van der Waals surface area contributed by atoms with Gasteiger partial charge in [-0.25, -0.2) is 4.68 Å². The Morgan fingerprint density at radius 3 is 2.59 bits per heavy atom. The van der Waals surface area contributed by atoms with E-state index in [4.69, 9.17) is 23.2 Å². The fourth-order valence-electron chi connectivity index (χ4n) is 2.18. The predicted molar refractivity (Wildman–Crippen MR) is 96.6 cm³/mol. The highest BCUT2D eigenvalue weighted by molar-refractivity contribution is 6.32. The third-order valence-electron chi connectivity index (χ3n) is 3.47. The lowest BCUT2D eigenvalue weighted by Gasteiger charge is -2.09. The van der Waals surface area contributed by atoms with Crippen LogP contribution in [0, 0.1) is 6.92 Å². The van der Waals surface area contributed by atoms with Crippen molar-refractivity contribution in [3.05, 3.63) is 63.5 Å². The van der Waals surface area contributed by atoms with Crippen molar-refractivity contribution >= 4 is 35.2 Å². The number of alkyl halides is 3. The molecule has 11 heteroatoms. The van der Waals surface area contributed by atoms with E-state index >= 15 is 0 Å². The third-order valence-corrected chi connectivity index (χ3v) is 4.04. The minimum Gasteiger partial charge on any atom is -0.260 e. The van der Waals surface area contributed by atoms with E-state index < -0.39 is 11.7 Å². The van der Waals surface area contributed by atoms with Gasteiger partial charge in [0.25, 0.3) is 0 Å². The van der Waals surface area contributed by atoms with Gasteiger partial charge in [0.1, 0.15) is 5.15 Å². The highest BCUT2D eigenvalue weighted by atomic mass is 35.5. The predicted octanol–water partition coefficient (Wildman–Crippen LogP) is 4.74. The molecule has 0 atom stereocenters. The van der Waals surface area contributed by atoms with Gasteiger partial charge in [0.2, 0.25) is 0 Å². The van der Waals surface area contributed by atoms with Crippen LogP contribution in [0.15, 0.2) is 41.5 Å². The summed E-state index contributed by atoms with van der Waals surface area (Å²) in [5, 5.41) is 16.0. The first-order valence-corrected chi connectivity index (χ1v) is 8.22. The van der Waals surface area contributed by atoms with Gasteiger partial charge in [-0.1, -0.05) is 29.3 Å². The van der Waals surface area contributed by atoms with Crippen LogP contribution >= 0.6 is 23.2 Å². The van der Waals surface area contributed by atoms with Crippen LogP contribution in [0.1, 0.15) is 16.8 Å². The number of halogens is 5. The lowest BCUT2D eigenvalue weighted by Crippen LogP contribution is -2.06. The summed E-state index contributed by atoms with van der Waals surface area (Å²) < 4.78 is 39.9. The van der Waals surface area contributed by atoms with Gasteiger partial charge in [0.05, 0.1) is 28.7 Å². The molecule has 0 fully saturated rings. The zero-order chi connectivity index (χ0) is 19.6. The lowest BCUT2D eigenvalue weighted by atomic mass is 10.2. The molecule has 1 N–H and O–H groups in total. The van der Waals surface area contributed by atoms with Crippen LogP contribution < -0.4 is 5.43 Å². The second-order valence-corrected chi connectivity index (χ2v) is 6.11. The normalized spacial score (nSPS) is 11.9. The summed E-state index contributed by atoms with van der Waals surface area (Å²) >= 11 is 11.9. The Morgan fingerprint density at radius 2 is 1.93 bits per heavy atom. The average Bonchev–Trinajstić information content (AvgIpc) is 2.91.